The van der Waals surface area contributed by atoms with Crippen LogP contribution in [0, 0.1) is 10.1 Å². The van der Waals surface area contributed by atoms with E-state index in [1.807, 2.05) is 60.7 Å². The molecule has 0 saturated carbocycles. The number of benzene rings is 3. The number of para-hydroxylation sites is 1. The molecule has 0 bridgehead atoms. The third-order valence-electron chi connectivity index (χ3n) is 4.12. The second-order valence-electron chi connectivity index (χ2n) is 5.82. The van der Waals surface area contributed by atoms with Crippen molar-refractivity contribution >= 4 is 5.69 Å². The zero-order valence-electron chi connectivity index (χ0n) is 14.1. The fourth-order valence-corrected chi connectivity index (χ4v) is 2.89. The average Bonchev–Trinajstić information content (AvgIpc) is 3.06. The molecule has 0 radical (unpaired) electrons. The summed E-state index contributed by atoms with van der Waals surface area (Å²) in [5.74, 6) is 0.491. The van der Waals surface area contributed by atoms with Crippen LogP contribution in [0.4, 0.5) is 5.69 Å². The molecule has 3 aromatic carbocycles. The van der Waals surface area contributed by atoms with Crippen LogP contribution >= 0.6 is 0 Å². The van der Waals surface area contributed by atoms with Crippen LogP contribution in [0.15, 0.2) is 89.7 Å². The smallest absolute Gasteiger partial charge is 0.258 e. The number of hydrogen-bond acceptors (Lipinski definition) is 4. The molecule has 4 rings (SSSR count). The Bertz CT molecular complexity index is 1150. The highest BCUT2D eigenvalue weighted by atomic mass is 16.6. The fourth-order valence-electron chi connectivity index (χ4n) is 2.89. The van der Waals surface area contributed by atoms with E-state index in [-0.39, 0.29) is 5.69 Å². The maximum Gasteiger partial charge on any atom is 0.369 e. The largest absolute Gasteiger partial charge is 0.369 e. The minimum Gasteiger partial charge on any atom is -0.258 e. The van der Waals surface area contributed by atoms with Crippen LogP contribution < -0.4 is 5.69 Å². The van der Waals surface area contributed by atoms with Gasteiger partial charge in [-0.2, -0.15) is 9.67 Å². The Balaban J connectivity index is 1.98. The number of non-ortho nitro benzene ring substituents is 1. The molecule has 27 heavy (non-hydrogen) atoms. The third-order valence-corrected chi connectivity index (χ3v) is 4.12. The van der Waals surface area contributed by atoms with Gasteiger partial charge in [0.05, 0.1) is 16.3 Å². The third kappa shape index (κ3) is 3.02. The van der Waals surface area contributed by atoms with E-state index in [0.29, 0.717) is 11.5 Å². The lowest BCUT2D eigenvalue weighted by atomic mass is 10.2. The Morgan fingerprint density at radius 3 is 1.89 bits per heavy atom. The van der Waals surface area contributed by atoms with Crippen molar-refractivity contribution in [3.63, 3.8) is 0 Å². The summed E-state index contributed by atoms with van der Waals surface area (Å²) in [4.78, 5) is 27.4. The van der Waals surface area contributed by atoms with Gasteiger partial charge in [0.25, 0.3) is 5.69 Å². The number of nitro groups is 1. The second kappa shape index (κ2) is 6.72. The Kier molecular flexibility index (Phi) is 4.10. The van der Waals surface area contributed by atoms with Crippen molar-refractivity contribution in [2.75, 3.05) is 0 Å². The number of nitro benzene ring substituents is 1. The molecule has 0 atom stereocenters. The van der Waals surface area contributed by atoms with Gasteiger partial charge in [-0.05, 0) is 24.3 Å². The number of aromatic nitrogens is 3. The van der Waals surface area contributed by atoms with Gasteiger partial charge in [0.2, 0.25) is 0 Å². The Morgan fingerprint density at radius 2 is 1.30 bits per heavy atom. The second-order valence-corrected chi connectivity index (χ2v) is 5.82. The predicted molar refractivity (Wildman–Crippen MR) is 101 cm³/mol. The van der Waals surface area contributed by atoms with Crippen molar-refractivity contribution < 1.29 is 4.92 Å². The minimum absolute atomic E-state index is 0.0409. The van der Waals surface area contributed by atoms with Crippen molar-refractivity contribution in [2.24, 2.45) is 0 Å². The highest BCUT2D eigenvalue weighted by Gasteiger charge is 2.18. The van der Waals surface area contributed by atoms with Crippen molar-refractivity contribution in [3.05, 3.63) is 106 Å². The first-order chi connectivity index (χ1) is 13.1. The average molecular weight is 358 g/mol. The summed E-state index contributed by atoms with van der Waals surface area (Å²) in [6.45, 7) is 0. The van der Waals surface area contributed by atoms with E-state index in [9.17, 15) is 14.9 Å². The van der Waals surface area contributed by atoms with Crippen molar-refractivity contribution in [2.45, 2.75) is 0 Å². The SMILES string of the molecule is O=c1nc(-c2ccccc2)n(-c2ccccc2)n1-c1ccc([N+](=O)[O-])cc1. The van der Waals surface area contributed by atoms with E-state index in [1.54, 1.807) is 4.68 Å². The summed E-state index contributed by atoms with van der Waals surface area (Å²) in [6, 6.07) is 24.6. The van der Waals surface area contributed by atoms with Gasteiger partial charge in [0.1, 0.15) is 0 Å². The van der Waals surface area contributed by atoms with Crippen molar-refractivity contribution in [1.82, 2.24) is 14.3 Å². The molecule has 0 spiro atoms. The quantitative estimate of drug-likeness (QED) is 0.412. The molecule has 7 nitrogen and oxygen atoms in total. The summed E-state index contributed by atoms with van der Waals surface area (Å²) in [7, 11) is 0. The van der Waals surface area contributed by atoms with Crippen LogP contribution in [0.2, 0.25) is 0 Å². The zero-order valence-corrected chi connectivity index (χ0v) is 14.1. The monoisotopic (exact) mass is 358 g/mol. The molecule has 7 heteroatoms. The molecule has 0 aliphatic carbocycles. The lowest BCUT2D eigenvalue weighted by Gasteiger charge is -2.13. The first-order valence-corrected chi connectivity index (χ1v) is 8.23. The Hall–Kier alpha value is -4.00. The standard InChI is InChI=1S/C20H14N4O3/c25-20-21-19(15-7-3-1-4-8-15)22(16-9-5-2-6-10-16)23(20)17-11-13-18(14-12-17)24(26)27/h1-14H. The molecule has 0 aliphatic heterocycles. The van der Waals surface area contributed by atoms with Crippen LogP contribution in [0.1, 0.15) is 0 Å². The van der Waals surface area contributed by atoms with E-state index in [2.05, 4.69) is 4.98 Å². The molecule has 0 saturated heterocycles. The molecule has 1 aromatic heterocycles. The molecule has 0 unspecified atom stereocenters. The van der Waals surface area contributed by atoms with E-state index in [4.69, 9.17) is 0 Å². The molecular formula is C20H14N4O3. The number of rotatable bonds is 4. The van der Waals surface area contributed by atoms with Crippen molar-refractivity contribution in [3.8, 4) is 22.8 Å². The first-order valence-electron chi connectivity index (χ1n) is 8.23. The van der Waals surface area contributed by atoms with E-state index >= 15 is 0 Å². The van der Waals surface area contributed by atoms with E-state index < -0.39 is 10.6 Å². The fraction of sp³-hybridized carbons (Fsp3) is 0. The topological polar surface area (TPSA) is 83.0 Å². The van der Waals surface area contributed by atoms with Crippen LogP contribution in [0.25, 0.3) is 22.8 Å². The molecule has 1 heterocycles. The summed E-state index contributed by atoms with van der Waals surface area (Å²) in [5, 5.41) is 10.9. The summed E-state index contributed by atoms with van der Waals surface area (Å²) < 4.78 is 3.11. The molecule has 4 aromatic rings. The van der Waals surface area contributed by atoms with Gasteiger partial charge in [-0.25, -0.2) is 9.48 Å². The van der Waals surface area contributed by atoms with Crippen LogP contribution in [-0.4, -0.2) is 19.3 Å². The Labute approximate surface area is 153 Å². The van der Waals surface area contributed by atoms with Gasteiger partial charge < -0.3 is 0 Å². The first kappa shape index (κ1) is 16.5. The number of hydrogen-bond donors (Lipinski definition) is 0. The van der Waals surface area contributed by atoms with Gasteiger partial charge >= 0.3 is 5.69 Å². The lowest BCUT2D eigenvalue weighted by molar-refractivity contribution is -0.384. The van der Waals surface area contributed by atoms with Crippen molar-refractivity contribution in [1.29, 1.82) is 0 Å². The summed E-state index contributed by atoms with van der Waals surface area (Å²) in [5.41, 5.74) is 1.53. The van der Waals surface area contributed by atoms with Crippen LogP contribution in [0.3, 0.4) is 0 Å². The van der Waals surface area contributed by atoms with Gasteiger partial charge in [0.15, 0.2) is 5.82 Å². The van der Waals surface area contributed by atoms with Gasteiger partial charge in [0, 0.05) is 17.7 Å². The van der Waals surface area contributed by atoms with E-state index in [1.165, 1.54) is 28.9 Å². The maximum atomic E-state index is 12.7. The molecule has 0 fully saturated rings. The summed E-state index contributed by atoms with van der Waals surface area (Å²) >= 11 is 0. The highest BCUT2D eigenvalue weighted by Crippen LogP contribution is 2.22. The predicted octanol–water partition coefficient (Wildman–Crippen LogP) is 3.60. The normalized spacial score (nSPS) is 10.7. The highest BCUT2D eigenvalue weighted by molar-refractivity contribution is 5.58. The molecule has 0 amide bonds. The van der Waals surface area contributed by atoms with Crippen LogP contribution in [-0.2, 0) is 0 Å². The lowest BCUT2D eigenvalue weighted by Crippen LogP contribution is -2.21. The zero-order chi connectivity index (χ0) is 18.8. The number of nitrogens with zero attached hydrogens (tertiary/aromatic N) is 4. The molecule has 0 aliphatic rings. The molecule has 132 valence electrons. The van der Waals surface area contributed by atoms with E-state index in [0.717, 1.165) is 11.3 Å². The maximum absolute atomic E-state index is 12.7. The van der Waals surface area contributed by atoms with Crippen LogP contribution in [0.5, 0.6) is 0 Å². The molecular weight excluding hydrogens is 344 g/mol. The minimum atomic E-state index is -0.476. The van der Waals surface area contributed by atoms with Gasteiger partial charge in [-0.1, -0.05) is 48.5 Å². The van der Waals surface area contributed by atoms with Gasteiger partial charge in [-0.15, -0.1) is 0 Å². The Morgan fingerprint density at radius 1 is 0.741 bits per heavy atom. The summed E-state index contributed by atoms with van der Waals surface area (Å²) in [6.07, 6.45) is 0. The van der Waals surface area contributed by atoms with Gasteiger partial charge in [-0.3, -0.25) is 10.1 Å². The molecule has 0 N–H and O–H groups in total.